The fraction of sp³-hybridized carbons (Fsp3) is 0.375. The van der Waals surface area contributed by atoms with Gasteiger partial charge in [0.05, 0.1) is 27.9 Å². The van der Waals surface area contributed by atoms with E-state index in [1.165, 1.54) is 33.5 Å². The molecule has 1 aliphatic heterocycles. The number of carbonyl (C=O) groups is 3. The van der Waals surface area contributed by atoms with Crippen LogP contribution in [-0.4, -0.2) is 69.6 Å². The number of ether oxygens (including phenoxy) is 3. The van der Waals surface area contributed by atoms with Crippen LogP contribution in [0.4, 0.5) is 0 Å². The van der Waals surface area contributed by atoms with Gasteiger partial charge in [-0.15, -0.1) is 0 Å². The molecule has 2 N–H and O–H groups in total. The van der Waals surface area contributed by atoms with E-state index in [1.807, 2.05) is 18.2 Å². The summed E-state index contributed by atoms with van der Waals surface area (Å²) >= 11 is 0. The summed E-state index contributed by atoms with van der Waals surface area (Å²) in [6, 6.07) is 12.1. The standard InChI is InChI=1S/C24H29N3O6/c1-31-19-13-17(14-20(32-2)22(19)33-3)23(29)25-15-21(28)27-11-9-18(10-12-27)26-24(30)16-7-5-4-6-8-16/h4-8,13-14,18H,9-12,15H2,1-3H3,(H,25,29)(H,26,30). The maximum atomic E-state index is 12.6. The minimum atomic E-state index is -0.424. The zero-order valence-corrected chi connectivity index (χ0v) is 19.1. The predicted octanol–water partition coefficient (Wildman–Crippen LogP) is 1.86. The van der Waals surface area contributed by atoms with Gasteiger partial charge < -0.3 is 29.7 Å². The van der Waals surface area contributed by atoms with E-state index < -0.39 is 5.91 Å². The molecule has 0 bridgehead atoms. The van der Waals surface area contributed by atoms with E-state index in [0.29, 0.717) is 54.3 Å². The third kappa shape index (κ3) is 5.94. The van der Waals surface area contributed by atoms with E-state index in [9.17, 15) is 14.4 Å². The van der Waals surface area contributed by atoms with Gasteiger partial charge in [-0.1, -0.05) is 18.2 Å². The minimum absolute atomic E-state index is 0.00979. The fourth-order valence-corrected chi connectivity index (χ4v) is 3.71. The number of nitrogens with zero attached hydrogens (tertiary/aromatic N) is 1. The van der Waals surface area contributed by atoms with Crippen LogP contribution < -0.4 is 24.8 Å². The smallest absolute Gasteiger partial charge is 0.251 e. The molecule has 3 amide bonds. The predicted molar refractivity (Wildman–Crippen MR) is 122 cm³/mol. The van der Waals surface area contributed by atoms with Crippen LogP contribution in [0.3, 0.4) is 0 Å². The minimum Gasteiger partial charge on any atom is -0.493 e. The molecule has 0 unspecified atom stereocenters. The van der Waals surface area contributed by atoms with E-state index >= 15 is 0 Å². The number of amides is 3. The van der Waals surface area contributed by atoms with Crippen LogP contribution in [0.2, 0.25) is 0 Å². The molecular formula is C24H29N3O6. The molecule has 1 aliphatic rings. The quantitative estimate of drug-likeness (QED) is 0.630. The zero-order valence-electron chi connectivity index (χ0n) is 19.1. The van der Waals surface area contributed by atoms with Crippen molar-refractivity contribution in [2.75, 3.05) is 41.0 Å². The van der Waals surface area contributed by atoms with Crippen molar-refractivity contribution in [1.82, 2.24) is 15.5 Å². The largest absolute Gasteiger partial charge is 0.493 e. The number of hydrogen-bond donors (Lipinski definition) is 2. The maximum Gasteiger partial charge on any atom is 0.251 e. The Bertz CT molecular complexity index is 962. The van der Waals surface area contributed by atoms with Crippen LogP contribution in [0.15, 0.2) is 42.5 Å². The van der Waals surface area contributed by atoms with Gasteiger partial charge in [0.15, 0.2) is 11.5 Å². The lowest BCUT2D eigenvalue weighted by atomic mass is 10.0. The lowest BCUT2D eigenvalue weighted by Crippen LogP contribution is -2.49. The highest BCUT2D eigenvalue weighted by molar-refractivity contribution is 5.97. The second kappa shape index (κ2) is 11.2. The normalized spacial score (nSPS) is 13.7. The van der Waals surface area contributed by atoms with Crippen molar-refractivity contribution in [3.05, 3.63) is 53.6 Å². The molecule has 9 heteroatoms. The Morgan fingerprint density at radius 3 is 2.03 bits per heavy atom. The van der Waals surface area contributed by atoms with Crippen molar-refractivity contribution in [2.45, 2.75) is 18.9 Å². The van der Waals surface area contributed by atoms with Gasteiger partial charge in [-0.2, -0.15) is 0 Å². The van der Waals surface area contributed by atoms with Crippen molar-refractivity contribution >= 4 is 17.7 Å². The van der Waals surface area contributed by atoms with Crippen molar-refractivity contribution in [2.24, 2.45) is 0 Å². The Morgan fingerprint density at radius 1 is 0.879 bits per heavy atom. The first-order chi connectivity index (χ1) is 16.0. The third-order valence-electron chi connectivity index (χ3n) is 5.55. The summed E-state index contributed by atoms with van der Waals surface area (Å²) in [5, 5.41) is 5.67. The highest BCUT2D eigenvalue weighted by Crippen LogP contribution is 2.38. The number of benzene rings is 2. The van der Waals surface area contributed by atoms with Gasteiger partial charge in [-0.05, 0) is 37.1 Å². The number of likely N-dealkylation sites (tertiary alicyclic amines) is 1. The van der Waals surface area contributed by atoms with Crippen LogP contribution in [0.25, 0.3) is 0 Å². The summed E-state index contributed by atoms with van der Waals surface area (Å²) in [6.07, 6.45) is 1.32. The van der Waals surface area contributed by atoms with Crippen LogP contribution in [0.1, 0.15) is 33.6 Å². The van der Waals surface area contributed by atoms with Crippen LogP contribution >= 0.6 is 0 Å². The molecule has 0 spiro atoms. The van der Waals surface area contributed by atoms with E-state index in [2.05, 4.69) is 10.6 Å². The van der Waals surface area contributed by atoms with Crippen molar-refractivity contribution in [3.63, 3.8) is 0 Å². The highest BCUT2D eigenvalue weighted by Gasteiger charge is 2.25. The SMILES string of the molecule is COc1cc(C(=O)NCC(=O)N2CCC(NC(=O)c3ccccc3)CC2)cc(OC)c1OC. The van der Waals surface area contributed by atoms with Crippen molar-refractivity contribution in [3.8, 4) is 17.2 Å². The van der Waals surface area contributed by atoms with Gasteiger partial charge in [0, 0.05) is 30.3 Å². The summed E-state index contributed by atoms with van der Waals surface area (Å²) in [7, 11) is 4.41. The van der Waals surface area contributed by atoms with Gasteiger partial charge >= 0.3 is 0 Å². The molecule has 0 aliphatic carbocycles. The monoisotopic (exact) mass is 455 g/mol. The summed E-state index contributed by atoms with van der Waals surface area (Å²) < 4.78 is 15.8. The van der Waals surface area contributed by atoms with Gasteiger partial charge in [0.1, 0.15) is 0 Å². The summed E-state index contributed by atoms with van der Waals surface area (Å²) in [5.41, 5.74) is 0.908. The number of hydrogen-bond acceptors (Lipinski definition) is 6. The maximum absolute atomic E-state index is 12.6. The Kier molecular flexibility index (Phi) is 8.12. The molecule has 33 heavy (non-hydrogen) atoms. The van der Waals surface area contributed by atoms with Gasteiger partial charge in [-0.25, -0.2) is 0 Å². The lowest BCUT2D eigenvalue weighted by molar-refractivity contribution is -0.131. The summed E-state index contributed by atoms with van der Waals surface area (Å²) in [5.74, 6) is 0.380. The van der Waals surface area contributed by atoms with Crippen LogP contribution in [0, 0.1) is 0 Å². The Hall–Kier alpha value is -3.75. The average molecular weight is 456 g/mol. The van der Waals surface area contributed by atoms with Crippen LogP contribution in [-0.2, 0) is 4.79 Å². The van der Waals surface area contributed by atoms with Gasteiger partial charge in [-0.3, -0.25) is 14.4 Å². The van der Waals surface area contributed by atoms with E-state index in [0.717, 1.165) is 0 Å². The van der Waals surface area contributed by atoms with Gasteiger partial charge in [0.2, 0.25) is 11.7 Å². The van der Waals surface area contributed by atoms with E-state index in [1.54, 1.807) is 17.0 Å². The lowest BCUT2D eigenvalue weighted by Gasteiger charge is -2.32. The molecular weight excluding hydrogens is 426 g/mol. The van der Waals surface area contributed by atoms with Crippen LogP contribution in [0.5, 0.6) is 17.2 Å². The molecule has 0 radical (unpaired) electrons. The second-order valence-corrected chi connectivity index (χ2v) is 7.59. The number of nitrogens with one attached hydrogen (secondary N) is 2. The molecule has 9 nitrogen and oxygen atoms in total. The second-order valence-electron chi connectivity index (χ2n) is 7.59. The molecule has 1 heterocycles. The number of carbonyl (C=O) groups excluding carboxylic acids is 3. The molecule has 176 valence electrons. The topological polar surface area (TPSA) is 106 Å². The highest BCUT2D eigenvalue weighted by atomic mass is 16.5. The van der Waals surface area contributed by atoms with E-state index in [-0.39, 0.29) is 24.4 Å². The average Bonchev–Trinajstić information content (AvgIpc) is 2.86. The number of rotatable bonds is 8. The number of piperidine rings is 1. The summed E-state index contributed by atoms with van der Waals surface area (Å²) in [6.45, 7) is 0.897. The molecule has 2 aromatic carbocycles. The first-order valence-corrected chi connectivity index (χ1v) is 10.7. The Labute approximate surface area is 193 Å². The molecule has 3 rings (SSSR count). The fourth-order valence-electron chi connectivity index (χ4n) is 3.71. The first kappa shape index (κ1) is 23.9. The summed E-state index contributed by atoms with van der Waals surface area (Å²) in [4.78, 5) is 39.2. The zero-order chi connectivity index (χ0) is 23.8. The molecule has 2 aromatic rings. The van der Waals surface area contributed by atoms with Crippen molar-refractivity contribution in [1.29, 1.82) is 0 Å². The van der Waals surface area contributed by atoms with Gasteiger partial charge in [0.25, 0.3) is 11.8 Å². The number of methoxy groups -OCH3 is 3. The molecule has 0 saturated carbocycles. The first-order valence-electron chi connectivity index (χ1n) is 10.7. The Balaban J connectivity index is 1.49. The molecule has 0 atom stereocenters. The molecule has 1 fully saturated rings. The third-order valence-corrected chi connectivity index (χ3v) is 5.55. The molecule has 0 aromatic heterocycles. The van der Waals surface area contributed by atoms with E-state index in [4.69, 9.17) is 14.2 Å². The molecule has 1 saturated heterocycles. The van der Waals surface area contributed by atoms with Crippen molar-refractivity contribution < 1.29 is 28.6 Å². The Morgan fingerprint density at radius 2 is 1.48 bits per heavy atom.